The van der Waals surface area contributed by atoms with Gasteiger partial charge in [-0.05, 0) is 36.6 Å². The summed E-state index contributed by atoms with van der Waals surface area (Å²) in [6.07, 6.45) is -0.868. The van der Waals surface area contributed by atoms with Crippen LogP contribution in [0.1, 0.15) is 16.6 Å². The van der Waals surface area contributed by atoms with Gasteiger partial charge in [0.1, 0.15) is 4.88 Å². The van der Waals surface area contributed by atoms with Crippen molar-refractivity contribution >= 4 is 39.0 Å². The molecule has 116 valence electrons. The van der Waals surface area contributed by atoms with E-state index in [9.17, 15) is 9.59 Å². The Kier molecular flexibility index (Phi) is 4.39. The van der Waals surface area contributed by atoms with Gasteiger partial charge in [-0.15, -0.1) is 11.3 Å². The van der Waals surface area contributed by atoms with E-state index >= 15 is 0 Å². The molecule has 0 aliphatic heterocycles. The molecule has 3 rings (SSSR count). The number of rotatable bonds is 4. The molecule has 2 aromatic carbocycles. The standard InChI is InChI=1S/C18H15NO3S/c1-12(17(20)19-14-8-3-2-4-9-14)22-18(21)16-11-13-7-5-6-10-15(13)23-16/h2-12H,1H3,(H,19,20)/t12-/m1/s1. The number of thiophene rings is 1. The summed E-state index contributed by atoms with van der Waals surface area (Å²) < 4.78 is 6.27. The Morgan fingerprint density at radius 1 is 1.04 bits per heavy atom. The zero-order chi connectivity index (χ0) is 16.2. The Labute approximate surface area is 137 Å². The van der Waals surface area contributed by atoms with Crippen molar-refractivity contribution in [2.75, 3.05) is 5.32 Å². The van der Waals surface area contributed by atoms with Crippen molar-refractivity contribution in [1.29, 1.82) is 0 Å². The summed E-state index contributed by atoms with van der Waals surface area (Å²) in [4.78, 5) is 24.7. The SMILES string of the molecule is C[C@@H](OC(=O)c1cc2ccccc2s1)C(=O)Nc1ccccc1. The molecule has 4 nitrogen and oxygen atoms in total. The lowest BCUT2D eigenvalue weighted by Gasteiger charge is -2.12. The fourth-order valence-electron chi connectivity index (χ4n) is 2.12. The van der Waals surface area contributed by atoms with E-state index in [1.54, 1.807) is 25.1 Å². The first-order valence-corrected chi connectivity index (χ1v) is 8.00. The van der Waals surface area contributed by atoms with E-state index in [1.807, 2.05) is 42.5 Å². The summed E-state index contributed by atoms with van der Waals surface area (Å²) >= 11 is 1.36. The Balaban J connectivity index is 1.65. The zero-order valence-corrected chi connectivity index (χ0v) is 13.3. The van der Waals surface area contributed by atoms with Crippen LogP contribution in [-0.2, 0) is 9.53 Å². The van der Waals surface area contributed by atoms with Gasteiger partial charge in [-0.3, -0.25) is 4.79 Å². The fourth-order valence-corrected chi connectivity index (χ4v) is 3.07. The predicted octanol–water partition coefficient (Wildman–Crippen LogP) is 4.09. The van der Waals surface area contributed by atoms with Gasteiger partial charge in [-0.25, -0.2) is 4.79 Å². The van der Waals surface area contributed by atoms with E-state index in [1.165, 1.54) is 11.3 Å². The van der Waals surface area contributed by atoms with Gasteiger partial charge in [0.15, 0.2) is 6.10 Å². The molecular weight excluding hydrogens is 310 g/mol. The summed E-state index contributed by atoms with van der Waals surface area (Å²) in [5.74, 6) is -0.840. The summed E-state index contributed by atoms with van der Waals surface area (Å²) in [5, 5.41) is 3.70. The van der Waals surface area contributed by atoms with Crippen molar-refractivity contribution < 1.29 is 14.3 Å². The highest BCUT2D eigenvalue weighted by molar-refractivity contribution is 7.20. The molecular formula is C18H15NO3S. The molecule has 0 fully saturated rings. The summed E-state index contributed by atoms with van der Waals surface area (Å²) in [7, 11) is 0. The topological polar surface area (TPSA) is 55.4 Å². The predicted molar refractivity (Wildman–Crippen MR) is 91.8 cm³/mol. The van der Waals surface area contributed by atoms with Gasteiger partial charge in [-0.1, -0.05) is 36.4 Å². The minimum atomic E-state index is -0.868. The molecule has 0 spiro atoms. The third-order valence-corrected chi connectivity index (χ3v) is 4.42. The van der Waals surface area contributed by atoms with Gasteiger partial charge in [0, 0.05) is 10.4 Å². The van der Waals surface area contributed by atoms with Crippen LogP contribution in [0.3, 0.4) is 0 Å². The second-order valence-electron chi connectivity index (χ2n) is 5.05. The van der Waals surface area contributed by atoms with Crippen LogP contribution in [0.15, 0.2) is 60.7 Å². The lowest BCUT2D eigenvalue weighted by atomic mass is 10.2. The van der Waals surface area contributed by atoms with Crippen LogP contribution >= 0.6 is 11.3 Å². The van der Waals surface area contributed by atoms with Crippen molar-refractivity contribution in [3.05, 3.63) is 65.5 Å². The molecule has 3 aromatic rings. The lowest BCUT2D eigenvalue weighted by Crippen LogP contribution is -2.29. The number of carbonyl (C=O) groups excluding carboxylic acids is 2. The molecule has 1 amide bonds. The minimum absolute atomic E-state index is 0.356. The van der Waals surface area contributed by atoms with E-state index in [-0.39, 0.29) is 5.91 Å². The molecule has 0 unspecified atom stereocenters. The van der Waals surface area contributed by atoms with Crippen molar-refractivity contribution in [3.8, 4) is 0 Å². The van der Waals surface area contributed by atoms with Crippen LogP contribution in [0, 0.1) is 0 Å². The summed E-state index contributed by atoms with van der Waals surface area (Å²) in [6, 6.07) is 18.6. The molecule has 1 heterocycles. The number of anilines is 1. The normalized spacial score (nSPS) is 11.9. The van der Waals surface area contributed by atoms with Gasteiger partial charge in [0.25, 0.3) is 5.91 Å². The molecule has 0 radical (unpaired) electrons. The molecule has 1 atom stereocenters. The van der Waals surface area contributed by atoms with Crippen molar-refractivity contribution in [3.63, 3.8) is 0 Å². The quantitative estimate of drug-likeness (QED) is 0.735. The van der Waals surface area contributed by atoms with Gasteiger partial charge in [-0.2, -0.15) is 0 Å². The van der Waals surface area contributed by atoms with E-state index in [4.69, 9.17) is 4.74 Å². The number of ether oxygens (including phenoxy) is 1. The van der Waals surface area contributed by atoms with Crippen molar-refractivity contribution in [2.45, 2.75) is 13.0 Å². The summed E-state index contributed by atoms with van der Waals surface area (Å²) in [6.45, 7) is 1.56. The van der Waals surface area contributed by atoms with E-state index in [0.29, 0.717) is 10.6 Å². The maximum atomic E-state index is 12.2. The van der Waals surface area contributed by atoms with Crippen LogP contribution in [0.2, 0.25) is 0 Å². The van der Waals surface area contributed by atoms with Crippen molar-refractivity contribution in [2.24, 2.45) is 0 Å². The highest BCUT2D eigenvalue weighted by atomic mass is 32.1. The van der Waals surface area contributed by atoms with E-state index in [0.717, 1.165) is 10.1 Å². The van der Waals surface area contributed by atoms with Crippen LogP contribution in [-0.4, -0.2) is 18.0 Å². The van der Waals surface area contributed by atoms with Gasteiger partial charge >= 0.3 is 5.97 Å². The minimum Gasteiger partial charge on any atom is -0.448 e. The van der Waals surface area contributed by atoms with Gasteiger partial charge in [0.05, 0.1) is 0 Å². The number of benzene rings is 2. The third kappa shape index (κ3) is 3.57. The maximum absolute atomic E-state index is 12.2. The number of esters is 1. The van der Waals surface area contributed by atoms with Crippen LogP contribution < -0.4 is 5.32 Å². The van der Waals surface area contributed by atoms with Gasteiger partial charge in [0.2, 0.25) is 0 Å². The largest absolute Gasteiger partial charge is 0.448 e. The highest BCUT2D eigenvalue weighted by Crippen LogP contribution is 2.26. The number of carbonyl (C=O) groups is 2. The van der Waals surface area contributed by atoms with Crippen molar-refractivity contribution in [1.82, 2.24) is 0 Å². The molecule has 23 heavy (non-hydrogen) atoms. The Bertz CT molecular complexity index is 809. The average Bonchev–Trinajstić information content (AvgIpc) is 3.00. The Morgan fingerprint density at radius 2 is 1.74 bits per heavy atom. The van der Waals surface area contributed by atoms with E-state index < -0.39 is 12.1 Å². The molecule has 0 aliphatic rings. The second-order valence-corrected chi connectivity index (χ2v) is 6.14. The molecule has 0 bridgehead atoms. The zero-order valence-electron chi connectivity index (χ0n) is 12.5. The molecule has 0 saturated carbocycles. The number of amides is 1. The Hall–Kier alpha value is -2.66. The molecule has 1 N–H and O–H groups in total. The highest BCUT2D eigenvalue weighted by Gasteiger charge is 2.20. The number of nitrogens with one attached hydrogen (secondary N) is 1. The second kappa shape index (κ2) is 6.62. The Morgan fingerprint density at radius 3 is 2.48 bits per heavy atom. The number of hydrogen-bond donors (Lipinski definition) is 1. The molecule has 1 aromatic heterocycles. The van der Waals surface area contributed by atoms with Crippen LogP contribution in [0.5, 0.6) is 0 Å². The monoisotopic (exact) mass is 325 g/mol. The first-order valence-electron chi connectivity index (χ1n) is 7.19. The van der Waals surface area contributed by atoms with Crippen LogP contribution in [0.25, 0.3) is 10.1 Å². The van der Waals surface area contributed by atoms with Gasteiger partial charge < -0.3 is 10.1 Å². The first kappa shape index (κ1) is 15.2. The number of fused-ring (bicyclic) bond motifs is 1. The lowest BCUT2D eigenvalue weighted by molar-refractivity contribution is -0.123. The molecule has 0 saturated heterocycles. The number of hydrogen-bond acceptors (Lipinski definition) is 4. The smallest absolute Gasteiger partial charge is 0.349 e. The van der Waals surface area contributed by atoms with Crippen LogP contribution in [0.4, 0.5) is 5.69 Å². The first-order chi connectivity index (χ1) is 11.1. The number of para-hydroxylation sites is 1. The molecule has 0 aliphatic carbocycles. The average molecular weight is 325 g/mol. The van der Waals surface area contributed by atoms with E-state index in [2.05, 4.69) is 5.32 Å². The fraction of sp³-hybridized carbons (Fsp3) is 0.111. The third-order valence-electron chi connectivity index (χ3n) is 3.32. The maximum Gasteiger partial charge on any atom is 0.349 e. The molecule has 5 heteroatoms. The summed E-state index contributed by atoms with van der Waals surface area (Å²) in [5.41, 5.74) is 0.669.